The van der Waals surface area contributed by atoms with E-state index in [0.29, 0.717) is 24.7 Å². The maximum Gasteiger partial charge on any atom is 0.173 e. The number of hydrogen-bond donors (Lipinski definition) is 0. The molecule has 90 valence electrons. The fourth-order valence-electron chi connectivity index (χ4n) is 1.04. The lowest BCUT2D eigenvalue weighted by Crippen LogP contribution is -1.96. The highest BCUT2D eigenvalue weighted by molar-refractivity contribution is 5.74. The predicted octanol–water partition coefficient (Wildman–Crippen LogP) is -0.405. The standard InChI is InChI=1S/C10H10N8/c1(11-3-9-15-5-13-6-16-9)2-12-4-10-17-7-14-8-18-10/h3-8H,1-2H2. The minimum atomic E-state index is 0.534. The van der Waals surface area contributed by atoms with Gasteiger partial charge in [-0.2, -0.15) is 0 Å². The van der Waals surface area contributed by atoms with Crippen LogP contribution in [0.25, 0.3) is 0 Å². The molecule has 2 aromatic rings. The zero-order valence-corrected chi connectivity index (χ0v) is 9.46. The Morgan fingerprint density at radius 1 is 0.722 bits per heavy atom. The third-order valence-electron chi connectivity index (χ3n) is 1.80. The molecule has 0 fully saturated rings. The quantitative estimate of drug-likeness (QED) is 0.522. The molecule has 2 heterocycles. The Morgan fingerprint density at radius 2 is 1.11 bits per heavy atom. The van der Waals surface area contributed by atoms with Crippen molar-refractivity contribution in [1.82, 2.24) is 29.9 Å². The molecule has 0 atom stereocenters. The molecule has 0 saturated heterocycles. The van der Waals surface area contributed by atoms with Crippen LogP contribution in [0.4, 0.5) is 0 Å². The van der Waals surface area contributed by atoms with Crippen LogP contribution in [0.3, 0.4) is 0 Å². The summed E-state index contributed by atoms with van der Waals surface area (Å²) in [6, 6.07) is 0. The van der Waals surface area contributed by atoms with E-state index in [1.54, 1.807) is 12.4 Å². The smallest absolute Gasteiger partial charge is 0.173 e. The topological polar surface area (TPSA) is 102 Å². The van der Waals surface area contributed by atoms with Gasteiger partial charge in [0.1, 0.15) is 25.3 Å². The predicted molar refractivity (Wildman–Crippen MR) is 64.6 cm³/mol. The van der Waals surface area contributed by atoms with Gasteiger partial charge in [-0.15, -0.1) is 0 Å². The van der Waals surface area contributed by atoms with Gasteiger partial charge in [-0.05, 0) is 0 Å². The lowest BCUT2D eigenvalue weighted by Gasteiger charge is -1.90. The first-order valence-corrected chi connectivity index (χ1v) is 5.19. The van der Waals surface area contributed by atoms with E-state index in [0.717, 1.165) is 0 Å². The fraction of sp³-hybridized carbons (Fsp3) is 0.200. The van der Waals surface area contributed by atoms with Gasteiger partial charge < -0.3 is 0 Å². The maximum absolute atomic E-state index is 4.13. The summed E-state index contributed by atoms with van der Waals surface area (Å²) in [6.07, 6.45) is 8.86. The highest BCUT2D eigenvalue weighted by Crippen LogP contribution is 1.82. The van der Waals surface area contributed by atoms with Crippen molar-refractivity contribution in [3.8, 4) is 0 Å². The lowest BCUT2D eigenvalue weighted by molar-refractivity contribution is 0.967. The summed E-state index contributed by atoms with van der Waals surface area (Å²) in [5.41, 5.74) is 0. The molecule has 0 bridgehead atoms. The van der Waals surface area contributed by atoms with E-state index in [2.05, 4.69) is 39.9 Å². The molecule has 0 saturated carbocycles. The van der Waals surface area contributed by atoms with Crippen LogP contribution in [0.5, 0.6) is 0 Å². The van der Waals surface area contributed by atoms with Crippen LogP contribution >= 0.6 is 0 Å². The van der Waals surface area contributed by atoms with Crippen LogP contribution < -0.4 is 0 Å². The highest BCUT2D eigenvalue weighted by atomic mass is 15.0. The van der Waals surface area contributed by atoms with Crippen molar-refractivity contribution >= 4 is 12.4 Å². The molecule has 0 N–H and O–H groups in total. The van der Waals surface area contributed by atoms with Crippen molar-refractivity contribution in [3.05, 3.63) is 37.0 Å². The molecule has 0 amide bonds. The fourth-order valence-corrected chi connectivity index (χ4v) is 1.04. The van der Waals surface area contributed by atoms with Gasteiger partial charge in [0.2, 0.25) is 0 Å². The van der Waals surface area contributed by atoms with E-state index in [9.17, 15) is 0 Å². The molecule has 0 aliphatic carbocycles. The van der Waals surface area contributed by atoms with E-state index in [4.69, 9.17) is 0 Å². The number of nitrogens with zero attached hydrogens (tertiary/aromatic N) is 8. The second-order valence-electron chi connectivity index (χ2n) is 3.06. The van der Waals surface area contributed by atoms with Crippen molar-refractivity contribution in [2.75, 3.05) is 13.1 Å². The molecule has 0 spiro atoms. The summed E-state index contributed by atoms with van der Waals surface area (Å²) < 4.78 is 0. The number of aliphatic imine (C=N–C) groups is 2. The van der Waals surface area contributed by atoms with Gasteiger partial charge in [0.15, 0.2) is 11.6 Å². The molecule has 0 unspecified atom stereocenters. The number of hydrogen-bond acceptors (Lipinski definition) is 8. The van der Waals surface area contributed by atoms with E-state index >= 15 is 0 Å². The normalized spacial score (nSPS) is 11.3. The Morgan fingerprint density at radius 3 is 1.50 bits per heavy atom. The molecule has 2 aromatic heterocycles. The Labute approximate surface area is 103 Å². The first-order chi connectivity index (χ1) is 8.95. The van der Waals surface area contributed by atoms with Crippen LogP contribution in [-0.2, 0) is 0 Å². The van der Waals surface area contributed by atoms with E-state index in [-0.39, 0.29) is 0 Å². The largest absolute Gasteiger partial charge is 0.287 e. The van der Waals surface area contributed by atoms with Gasteiger partial charge in [0.25, 0.3) is 0 Å². The summed E-state index contributed by atoms with van der Waals surface area (Å²) >= 11 is 0. The van der Waals surface area contributed by atoms with Crippen LogP contribution in [0.1, 0.15) is 11.6 Å². The maximum atomic E-state index is 4.13. The molecule has 8 nitrogen and oxygen atoms in total. The summed E-state index contributed by atoms with van der Waals surface area (Å²) in [5, 5.41) is 0. The van der Waals surface area contributed by atoms with Crippen LogP contribution in [-0.4, -0.2) is 55.4 Å². The minimum Gasteiger partial charge on any atom is -0.287 e. The summed E-state index contributed by atoms with van der Waals surface area (Å²) in [4.78, 5) is 31.3. The lowest BCUT2D eigenvalue weighted by atomic mass is 10.6. The van der Waals surface area contributed by atoms with Crippen LogP contribution in [0.15, 0.2) is 35.3 Å². The molecular weight excluding hydrogens is 232 g/mol. The Balaban J connectivity index is 1.73. The number of aromatic nitrogens is 6. The van der Waals surface area contributed by atoms with Gasteiger partial charge in [-0.3, -0.25) is 9.98 Å². The zero-order valence-electron chi connectivity index (χ0n) is 9.46. The summed E-state index contributed by atoms with van der Waals surface area (Å²) in [6.45, 7) is 1.10. The van der Waals surface area contributed by atoms with Crippen molar-refractivity contribution in [1.29, 1.82) is 0 Å². The number of rotatable bonds is 5. The zero-order chi connectivity index (χ0) is 12.5. The molecule has 8 heteroatoms. The van der Waals surface area contributed by atoms with E-state index in [1.807, 2.05) is 0 Å². The molecule has 0 aliphatic heterocycles. The second-order valence-corrected chi connectivity index (χ2v) is 3.06. The summed E-state index contributed by atoms with van der Waals surface area (Å²) in [5.74, 6) is 1.07. The Hall–Kier alpha value is -2.64. The van der Waals surface area contributed by atoms with Gasteiger partial charge in [-0.1, -0.05) is 0 Å². The first-order valence-electron chi connectivity index (χ1n) is 5.19. The average Bonchev–Trinajstić information content (AvgIpc) is 2.45. The van der Waals surface area contributed by atoms with Gasteiger partial charge in [-0.25, -0.2) is 29.9 Å². The van der Waals surface area contributed by atoms with Crippen molar-refractivity contribution in [2.24, 2.45) is 9.98 Å². The Kier molecular flexibility index (Phi) is 4.50. The Bertz CT molecular complexity index is 460. The average molecular weight is 242 g/mol. The van der Waals surface area contributed by atoms with Gasteiger partial charge in [0, 0.05) is 0 Å². The van der Waals surface area contributed by atoms with Gasteiger partial charge >= 0.3 is 0 Å². The highest BCUT2D eigenvalue weighted by Gasteiger charge is 1.88. The molecular formula is C10H10N8. The van der Waals surface area contributed by atoms with Crippen LogP contribution in [0, 0.1) is 0 Å². The summed E-state index contributed by atoms with van der Waals surface area (Å²) in [7, 11) is 0. The monoisotopic (exact) mass is 242 g/mol. The third-order valence-corrected chi connectivity index (χ3v) is 1.80. The van der Waals surface area contributed by atoms with Crippen molar-refractivity contribution < 1.29 is 0 Å². The molecule has 0 aromatic carbocycles. The third kappa shape index (κ3) is 4.08. The van der Waals surface area contributed by atoms with E-state index in [1.165, 1.54) is 25.3 Å². The van der Waals surface area contributed by atoms with E-state index < -0.39 is 0 Å². The van der Waals surface area contributed by atoms with Gasteiger partial charge in [0.05, 0.1) is 25.5 Å². The molecule has 18 heavy (non-hydrogen) atoms. The van der Waals surface area contributed by atoms with Crippen molar-refractivity contribution in [2.45, 2.75) is 0 Å². The molecule has 2 rings (SSSR count). The first kappa shape index (κ1) is 11.8. The van der Waals surface area contributed by atoms with Crippen LogP contribution in [0.2, 0.25) is 0 Å². The van der Waals surface area contributed by atoms with Crippen molar-refractivity contribution in [3.63, 3.8) is 0 Å². The SMILES string of the molecule is C(=NCCN=Cc1ncncn1)c1ncncn1. The molecule has 0 radical (unpaired) electrons. The second kappa shape index (κ2) is 6.84. The molecule has 0 aliphatic rings. The minimum absolute atomic E-state index is 0.534.